The highest BCUT2D eigenvalue weighted by molar-refractivity contribution is 5.84. The summed E-state index contributed by atoms with van der Waals surface area (Å²) in [5.41, 5.74) is 2.16. The summed E-state index contributed by atoms with van der Waals surface area (Å²) in [5.74, 6) is -4.23. The highest BCUT2D eigenvalue weighted by Gasteiger charge is 2.38. The minimum atomic E-state index is -5.08. The maximum atomic E-state index is 11.8. The monoisotopic (exact) mass is 636 g/mol. The zero-order chi connectivity index (χ0) is 32.8. The highest BCUT2D eigenvalue weighted by atomic mass is 19.4. The second-order valence-electron chi connectivity index (χ2n) is 8.68. The summed E-state index contributed by atoms with van der Waals surface area (Å²) < 4.78 is 79.9. The molecule has 18 heteroatoms. The number of carbonyl (C=O) groups excluding carboxylic acids is 1. The van der Waals surface area contributed by atoms with Crippen LogP contribution in [0.15, 0.2) is 59.4 Å². The summed E-state index contributed by atoms with van der Waals surface area (Å²) in [6, 6.07) is 13.2. The van der Waals surface area contributed by atoms with E-state index in [0.717, 1.165) is 18.5 Å². The van der Waals surface area contributed by atoms with Crippen molar-refractivity contribution in [1.29, 1.82) is 0 Å². The molecule has 1 aliphatic rings. The first-order chi connectivity index (χ1) is 20.6. The van der Waals surface area contributed by atoms with Gasteiger partial charge in [-0.3, -0.25) is 10.3 Å². The Hall–Kier alpha value is -4.87. The Morgan fingerprint density at radius 1 is 1.00 bits per heavy atom. The largest absolute Gasteiger partial charge is 0.490 e. The fourth-order valence-electron chi connectivity index (χ4n) is 3.22. The van der Waals surface area contributed by atoms with Gasteiger partial charge in [-0.2, -0.15) is 26.3 Å². The molecule has 0 bridgehead atoms. The number of aromatic nitrogens is 2. The van der Waals surface area contributed by atoms with E-state index in [2.05, 4.69) is 20.8 Å². The zero-order valence-electron chi connectivity index (χ0n) is 22.5. The first-order valence-corrected chi connectivity index (χ1v) is 12.5. The van der Waals surface area contributed by atoms with Crippen molar-refractivity contribution < 1.29 is 64.9 Å². The van der Waals surface area contributed by atoms with Crippen molar-refractivity contribution in [1.82, 2.24) is 15.5 Å². The Morgan fingerprint density at radius 2 is 1.64 bits per heavy atom. The average molecular weight is 637 g/mol. The van der Waals surface area contributed by atoms with E-state index in [-0.39, 0.29) is 6.61 Å². The lowest BCUT2D eigenvalue weighted by molar-refractivity contribution is -0.193. The SMILES string of the molecule is O=C(Nc1ccccc1)OCCc1cc(-c2cncc(OC[C@@H]3CCCN3)c2)on1.O=C(O)C(F)(F)F.O=C(O)C(F)(F)F. The molecule has 1 aromatic carbocycles. The molecule has 0 saturated carbocycles. The number of hydrogen-bond acceptors (Lipinski definition) is 9. The number of benzene rings is 1. The molecule has 12 nitrogen and oxygen atoms in total. The van der Waals surface area contributed by atoms with Gasteiger partial charge in [-0.25, -0.2) is 14.4 Å². The molecule has 1 fully saturated rings. The van der Waals surface area contributed by atoms with Crippen molar-refractivity contribution in [3.8, 4) is 17.1 Å². The summed E-state index contributed by atoms with van der Waals surface area (Å²) in [6.45, 7) is 1.86. The molecular weight excluding hydrogens is 610 g/mol. The van der Waals surface area contributed by atoms with E-state index in [1.807, 2.05) is 30.3 Å². The summed E-state index contributed by atoms with van der Waals surface area (Å²) in [4.78, 5) is 33.8. The molecule has 0 unspecified atom stereocenters. The Kier molecular flexibility index (Phi) is 13.4. The topological polar surface area (TPSA) is 173 Å². The van der Waals surface area contributed by atoms with Crippen LogP contribution in [-0.4, -0.2) is 76.5 Å². The molecule has 1 saturated heterocycles. The van der Waals surface area contributed by atoms with Crippen LogP contribution in [0, 0.1) is 0 Å². The second kappa shape index (κ2) is 16.7. The van der Waals surface area contributed by atoms with E-state index in [0.29, 0.717) is 42.0 Å². The number of carboxylic acid groups (broad SMARTS) is 2. The molecule has 3 heterocycles. The standard InChI is InChI=1S/C22H24N4O4.2C2HF3O2/c27-22(25-17-5-2-1-3-6-17)28-10-8-18-12-21(30-26-18)16-11-20(14-23-13-16)29-15-19-7-4-9-24-19;2*3-2(4,5)1(6)7/h1-3,5-6,11-14,19,24H,4,7-10,15H2,(H,25,27);2*(H,6,7)/t19-;;/m0../s1. The summed E-state index contributed by atoms with van der Waals surface area (Å²) in [6.07, 6.45) is -4.52. The molecule has 1 atom stereocenters. The van der Waals surface area contributed by atoms with Crippen LogP contribution in [0.3, 0.4) is 0 Å². The predicted molar refractivity (Wildman–Crippen MR) is 139 cm³/mol. The first-order valence-electron chi connectivity index (χ1n) is 12.5. The number of hydrogen-bond donors (Lipinski definition) is 4. The fourth-order valence-corrected chi connectivity index (χ4v) is 3.22. The molecule has 0 radical (unpaired) electrons. The molecule has 3 aromatic rings. The van der Waals surface area contributed by atoms with E-state index in [9.17, 15) is 31.1 Å². The van der Waals surface area contributed by atoms with Crippen molar-refractivity contribution >= 4 is 23.7 Å². The molecule has 240 valence electrons. The van der Waals surface area contributed by atoms with E-state index < -0.39 is 30.4 Å². The van der Waals surface area contributed by atoms with Crippen molar-refractivity contribution in [3.05, 3.63) is 60.6 Å². The van der Waals surface area contributed by atoms with Crippen molar-refractivity contribution in [2.24, 2.45) is 0 Å². The molecule has 2 aromatic heterocycles. The number of nitrogens with zero attached hydrogens (tertiary/aromatic N) is 2. The highest BCUT2D eigenvalue weighted by Crippen LogP contribution is 2.24. The maximum absolute atomic E-state index is 11.8. The van der Waals surface area contributed by atoms with Gasteiger partial charge in [0, 0.05) is 36.0 Å². The number of amides is 1. The van der Waals surface area contributed by atoms with Crippen molar-refractivity contribution in [2.75, 3.05) is 25.1 Å². The number of aliphatic carboxylic acids is 2. The van der Waals surface area contributed by atoms with Crippen molar-refractivity contribution in [3.63, 3.8) is 0 Å². The third-order valence-electron chi connectivity index (χ3n) is 5.27. The normalized spacial score (nSPS) is 14.3. The van der Waals surface area contributed by atoms with Gasteiger partial charge in [-0.05, 0) is 37.6 Å². The smallest absolute Gasteiger partial charge is 0.490 e. The van der Waals surface area contributed by atoms with Gasteiger partial charge in [-0.15, -0.1) is 0 Å². The van der Waals surface area contributed by atoms with Gasteiger partial charge in [0.2, 0.25) is 0 Å². The Balaban J connectivity index is 0.000000402. The quantitative estimate of drug-likeness (QED) is 0.247. The number of para-hydroxylation sites is 1. The molecule has 4 rings (SSSR count). The molecule has 44 heavy (non-hydrogen) atoms. The van der Waals surface area contributed by atoms with Gasteiger partial charge in [-0.1, -0.05) is 23.4 Å². The maximum Gasteiger partial charge on any atom is 0.490 e. The molecule has 0 spiro atoms. The van der Waals surface area contributed by atoms with Crippen LogP contribution in [0.1, 0.15) is 18.5 Å². The third kappa shape index (κ3) is 13.4. The minimum absolute atomic E-state index is 0.195. The Morgan fingerprint density at radius 3 is 2.20 bits per heavy atom. The molecule has 0 aliphatic carbocycles. The van der Waals surface area contributed by atoms with Gasteiger partial charge >= 0.3 is 30.4 Å². The van der Waals surface area contributed by atoms with Gasteiger partial charge in [0.1, 0.15) is 12.4 Å². The Labute approximate surface area is 245 Å². The van der Waals surface area contributed by atoms with Crippen LogP contribution in [0.2, 0.25) is 0 Å². The van der Waals surface area contributed by atoms with E-state index in [4.69, 9.17) is 33.8 Å². The van der Waals surface area contributed by atoms with Gasteiger partial charge in [0.05, 0.1) is 18.5 Å². The first kappa shape index (κ1) is 35.3. The van der Waals surface area contributed by atoms with Gasteiger partial charge in [0.25, 0.3) is 0 Å². The fraction of sp³-hybridized carbons (Fsp3) is 0.346. The van der Waals surface area contributed by atoms with Gasteiger partial charge in [0.15, 0.2) is 5.76 Å². The number of pyridine rings is 1. The number of rotatable bonds is 8. The number of anilines is 1. The zero-order valence-corrected chi connectivity index (χ0v) is 22.5. The molecule has 1 amide bonds. The number of carbonyl (C=O) groups is 3. The van der Waals surface area contributed by atoms with Crippen LogP contribution >= 0.6 is 0 Å². The number of nitrogens with one attached hydrogen (secondary N) is 2. The number of halogens is 6. The lowest BCUT2D eigenvalue weighted by Gasteiger charge is -2.12. The summed E-state index contributed by atoms with van der Waals surface area (Å²) in [7, 11) is 0. The van der Waals surface area contributed by atoms with E-state index in [1.54, 1.807) is 24.5 Å². The predicted octanol–water partition coefficient (Wildman–Crippen LogP) is 4.93. The summed E-state index contributed by atoms with van der Waals surface area (Å²) >= 11 is 0. The van der Waals surface area contributed by atoms with Crippen LogP contribution in [0.25, 0.3) is 11.3 Å². The number of ether oxygens (including phenoxy) is 2. The van der Waals surface area contributed by atoms with Crippen LogP contribution in [-0.2, 0) is 20.7 Å². The molecule has 4 N–H and O–H groups in total. The Bertz CT molecular complexity index is 1320. The van der Waals surface area contributed by atoms with Gasteiger partial charge < -0.3 is 29.5 Å². The average Bonchev–Trinajstić information content (AvgIpc) is 3.65. The van der Waals surface area contributed by atoms with E-state index in [1.165, 1.54) is 6.42 Å². The number of carboxylic acids is 2. The van der Waals surface area contributed by atoms with Crippen LogP contribution in [0.4, 0.5) is 36.8 Å². The summed E-state index contributed by atoms with van der Waals surface area (Å²) in [5, 5.41) is 24.4. The number of alkyl halides is 6. The van der Waals surface area contributed by atoms with Crippen molar-refractivity contribution in [2.45, 2.75) is 37.7 Å². The lowest BCUT2D eigenvalue weighted by atomic mass is 10.2. The van der Waals surface area contributed by atoms with E-state index >= 15 is 0 Å². The molecule has 1 aliphatic heterocycles. The lowest BCUT2D eigenvalue weighted by Crippen LogP contribution is -2.28. The second-order valence-corrected chi connectivity index (χ2v) is 8.68. The third-order valence-corrected chi connectivity index (χ3v) is 5.27. The minimum Gasteiger partial charge on any atom is -0.490 e. The van der Waals surface area contributed by atoms with Crippen LogP contribution < -0.4 is 15.4 Å². The molecular formula is C26H26F6N4O8. The van der Waals surface area contributed by atoms with Crippen LogP contribution in [0.5, 0.6) is 5.75 Å².